The van der Waals surface area contributed by atoms with E-state index in [9.17, 15) is 0 Å². The summed E-state index contributed by atoms with van der Waals surface area (Å²) in [5.41, 5.74) is 1.19. The fraction of sp³-hybridized carbons (Fsp3) is 0.588. The second kappa shape index (κ2) is 9.68. The van der Waals surface area contributed by atoms with Gasteiger partial charge in [-0.3, -0.25) is 0 Å². The number of benzene rings is 1. The van der Waals surface area contributed by atoms with Crippen LogP contribution in [0.5, 0.6) is 0 Å². The molecule has 117 valence electrons. The molecule has 2 nitrogen and oxygen atoms in total. The Kier molecular flexibility index (Phi) is 7.87. The molecule has 0 aromatic heterocycles. The maximum atomic E-state index is 6.00. The maximum Gasteiger partial charge on any atom is 0.0595 e. The van der Waals surface area contributed by atoms with Crippen LogP contribution >= 0.6 is 23.2 Å². The van der Waals surface area contributed by atoms with Crippen LogP contribution in [0.15, 0.2) is 18.2 Å². The van der Waals surface area contributed by atoms with E-state index >= 15 is 0 Å². The van der Waals surface area contributed by atoms with E-state index in [2.05, 4.69) is 16.6 Å². The maximum absolute atomic E-state index is 6.00. The van der Waals surface area contributed by atoms with Gasteiger partial charge in [0.1, 0.15) is 0 Å². The Hall–Kier alpha value is -0.280. The average Bonchev–Trinajstić information content (AvgIpc) is 2.51. The summed E-state index contributed by atoms with van der Waals surface area (Å²) < 4.78 is 0. The van der Waals surface area contributed by atoms with Crippen molar-refractivity contribution in [2.75, 3.05) is 26.2 Å². The fourth-order valence-corrected chi connectivity index (χ4v) is 2.99. The van der Waals surface area contributed by atoms with Crippen molar-refractivity contribution in [2.45, 2.75) is 38.6 Å². The van der Waals surface area contributed by atoms with Crippen molar-refractivity contribution in [1.29, 1.82) is 0 Å². The Morgan fingerprint density at radius 3 is 2.57 bits per heavy atom. The van der Waals surface area contributed by atoms with E-state index in [1.165, 1.54) is 57.3 Å². The first-order chi connectivity index (χ1) is 10.3. The van der Waals surface area contributed by atoms with Gasteiger partial charge < -0.3 is 10.2 Å². The van der Waals surface area contributed by atoms with E-state index in [0.29, 0.717) is 10.0 Å². The van der Waals surface area contributed by atoms with Gasteiger partial charge >= 0.3 is 0 Å². The normalized spacial score (nSPS) is 16.3. The summed E-state index contributed by atoms with van der Waals surface area (Å²) in [5.74, 6) is 0. The van der Waals surface area contributed by atoms with Crippen LogP contribution in [0, 0.1) is 6.42 Å². The molecule has 0 bridgehead atoms. The van der Waals surface area contributed by atoms with Crippen LogP contribution in [-0.2, 0) is 6.54 Å². The predicted octanol–water partition coefficient (Wildman–Crippen LogP) is 4.55. The lowest BCUT2D eigenvalue weighted by Gasteiger charge is -2.26. The number of unbranched alkanes of at least 4 members (excludes halogenated alkanes) is 2. The molecule has 0 atom stereocenters. The highest BCUT2D eigenvalue weighted by atomic mass is 35.5. The molecule has 0 saturated carbocycles. The molecule has 1 aromatic rings. The molecule has 0 amide bonds. The molecule has 1 fully saturated rings. The van der Waals surface area contributed by atoms with Gasteiger partial charge in [0.25, 0.3) is 0 Å². The third-order valence-electron chi connectivity index (χ3n) is 3.94. The minimum Gasteiger partial charge on any atom is -0.313 e. The molecule has 1 radical (unpaired) electrons. The second-order valence-corrected chi connectivity index (χ2v) is 6.51. The average molecular weight is 328 g/mol. The molecule has 1 aliphatic heterocycles. The number of likely N-dealkylation sites (tertiary alicyclic amines) is 1. The predicted molar refractivity (Wildman–Crippen MR) is 92.0 cm³/mol. The summed E-state index contributed by atoms with van der Waals surface area (Å²) in [6, 6.07) is 5.82. The molecular formula is C17H25Cl2N2. The molecule has 1 aliphatic rings. The van der Waals surface area contributed by atoms with Crippen LogP contribution in [0.3, 0.4) is 0 Å². The lowest BCUT2D eigenvalue weighted by molar-refractivity contribution is 0.248. The molecule has 21 heavy (non-hydrogen) atoms. The first-order valence-electron chi connectivity index (χ1n) is 7.94. The van der Waals surface area contributed by atoms with Gasteiger partial charge in [-0.25, -0.2) is 0 Å². The second-order valence-electron chi connectivity index (χ2n) is 5.69. The summed E-state index contributed by atoms with van der Waals surface area (Å²) in [5, 5.41) is 4.72. The minimum atomic E-state index is 0.621. The van der Waals surface area contributed by atoms with Crippen molar-refractivity contribution in [2.24, 2.45) is 0 Å². The lowest BCUT2D eigenvalue weighted by atomic mass is 10.1. The van der Waals surface area contributed by atoms with Gasteiger partial charge in [-0.15, -0.1) is 0 Å². The molecule has 4 heteroatoms. The van der Waals surface area contributed by atoms with Crippen LogP contribution in [0.25, 0.3) is 0 Å². The number of halogens is 2. The minimum absolute atomic E-state index is 0.621. The zero-order valence-corrected chi connectivity index (χ0v) is 14.1. The standard InChI is InChI=1S/C17H25Cl2N2/c18-16-8-7-15(13-17(16)19)14-20-9-3-1-4-10-21-11-5-2-6-12-21/h2,7-8,13,20H,1,3-6,9-12,14H2. The summed E-state index contributed by atoms with van der Waals surface area (Å²) in [6.45, 7) is 5.71. The topological polar surface area (TPSA) is 15.3 Å². The summed E-state index contributed by atoms with van der Waals surface area (Å²) >= 11 is 11.9. The zero-order valence-electron chi connectivity index (χ0n) is 12.6. The Bertz CT molecular complexity index is 417. The van der Waals surface area contributed by atoms with Crippen molar-refractivity contribution >= 4 is 23.2 Å². The number of rotatable bonds is 8. The van der Waals surface area contributed by atoms with E-state index in [-0.39, 0.29) is 0 Å². The van der Waals surface area contributed by atoms with Gasteiger partial charge in [0.2, 0.25) is 0 Å². The van der Waals surface area contributed by atoms with E-state index < -0.39 is 0 Å². The van der Waals surface area contributed by atoms with Gasteiger partial charge in [0.15, 0.2) is 0 Å². The molecule has 1 N–H and O–H groups in total. The summed E-state index contributed by atoms with van der Waals surface area (Å²) in [4.78, 5) is 2.59. The number of hydrogen-bond acceptors (Lipinski definition) is 2. The zero-order chi connectivity index (χ0) is 14.9. The number of piperidine rings is 1. The van der Waals surface area contributed by atoms with E-state index in [1.54, 1.807) is 0 Å². The molecule has 0 spiro atoms. The molecule has 0 unspecified atom stereocenters. The third-order valence-corrected chi connectivity index (χ3v) is 4.68. The van der Waals surface area contributed by atoms with Gasteiger partial charge in [-0.05, 0) is 76.0 Å². The first kappa shape index (κ1) is 17.1. The van der Waals surface area contributed by atoms with E-state index in [4.69, 9.17) is 23.2 Å². The van der Waals surface area contributed by atoms with Crippen LogP contribution in [0.1, 0.15) is 37.7 Å². The first-order valence-corrected chi connectivity index (χ1v) is 8.70. The van der Waals surface area contributed by atoms with Gasteiger partial charge in [0, 0.05) is 6.54 Å². The lowest BCUT2D eigenvalue weighted by Crippen LogP contribution is -2.30. The Labute approximate surface area is 138 Å². The smallest absolute Gasteiger partial charge is 0.0595 e. The van der Waals surface area contributed by atoms with Crippen molar-refractivity contribution in [1.82, 2.24) is 10.2 Å². The monoisotopic (exact) mass is 327 g/mol. The van der Waals surface area contributed by atoms with Crippen LogP contribution in [0.2, 0.25) is 10.0 Å². The SMILES string of the molecule is Clc1ccc(CNCCCCCN2CC[CH]CC2)cc1Cl. The number of nitrogens with zero attached hydrogens (tertiary/aromatic N) is 1. The van der Waals surface area contributed by atoms with E-state index in [0.717, 1.165) is 13.1 Å². The molecule has 1 saturated heterocycles. The Morgan fingerprint density at radius 2 is 1.81 bits per heavy atom. The van der Waals surface area contributed by atoms with E-state index in [1.807, 2.05) is 18.2 Å². The molecule has 2 rings (SSSR count). The molecule has 0 aliphatic carbocycles. The van der Waals surface area contributed by atoms with Gasteiger partial charge in [0.05, 0.1) is 10.0 Å². The van der Waals surface area contributed by atoms with Crippen molar-refractivity contribution < 1.29 is 0 Å². The Balaban J connectivity index is 1.48. The molecule has 1 heterocycles. The van der Waals surface area contributed by atoms with Crippen LogP contribution in [0.4, 0.5) is 0 Å². The third kappa shape index (κ3) is 6.56. The molecule has 1 aromatic carbocycles. The molecular weight excluding hydrogens is 303 g/mol. The van der Waals surface area contributed by atoms with Crippen molar-refractivity contribution in [3.63, 3.8) is 0 Å². The number of nitrogens with one attached hydrogen (secondary N) is 1. The number of hydrogen-bond donors (Lipinski definition) is 1. The summed E-state index contributed by atoms with van der Waals surface area (Å²) in [6.07, 6.45) is 8.80. The Morgan fingerprint density at radius 1 is 1.00 bits per heavy atom. The van der Waals surface area contributed by atoms with Crippen molar-refractivity contribution in [3.05, 3.63) is 40.2 Å². The van der Waals surface area contributed by atoms with Crippen molar-refractivity contribution in [3.8, 4) is 0 Å². The summed E-state index contributed by atoms with van der Waals surface area (Å²) in [7, 11) is 0. The highest BCUT2D eigenvalue weighted by Crippen LogP contribution is 2.22. The van der Waals surface area contributed by atoms with Crippen LogP contribution < -0.4 is 5.32 Å². The highest BCUT2D eigenvalue weighted by Gasteiger charge is 2.08. The van der Waals surface area contributed by atoms with Gasteiger partial charge in [-0.2, -0.15) is 0 Å². The largest absolute Gasteiger partial charge is 0.313 e. The quantitative estimate of drug-likeness (QED) is 0.704. The fourth-order valence-electron chi connectivity index (χ4n) is 2.67. The van der Waals surface area contributed by atoms with Crippen LogP contribution in [-0.4, -0.2) is 31.1 Å². The van der Waals surface area contributed by atoms with Gasteiger partial charge in [-0.1, -0.05) is 35.7 Å². The highest BCUT2D eigenvalue weighted by molar-refractivity contribution is 6.42.